The largest absolute Gasteiger partial charge is 0.491 e. The summed E-state index contributed by atoms with van der Waals surface area (Å²) in [6.07, 6.45) is 0. The normalized spacial score (nSPS) is 15.7. The molecule has 1 aliphatic carbocycles. The topological polar surface area (TPSA) is 36.0 Å². The van der Waals surface area contributed by atoms with E-state index in [4.69, 9.17) is 4.74 Å². The van der Waals surface area contributed by atoms with Crippen molar-refractivity contribution in [3.05, 3.63) is 89.2 Å². The number of carbonyl (C=O) groups excluding carboxylic acids is 1. The van der Waals surface area contributed by atoms with Gasteiger partial charge >= 0.3 is 0 Å². The molecule has 0 radical (unpaired) electrons. The molecule has 0 saturated carbocycles. The van der Waals surface area contributed by atoms with E-state index < -0.39 is 5.82 Å². The second-order valence-electron chi connectivity index (χ2n) is 9.42. The van der Waals surface area contributed by atoms with Gasteiger partial charge in [-0.1, -0.05) is 62.4 Å². The van der Waals surface area contributed by atoms with Crippen LogP contribution in [-0.2, 0) is 0 Å². The van der Waals surface area contributed by atoms with Crippen LogP contribution in [0.3, 0.4) is 0 Å². The van der Waals surface area contributed by atoms with Crippen molar-refractivity contribution in [1.82, 2.24) is 14.7 Å². The second-order valence-corrected chi connectivity index (χ2v) is 9.42. The fourth-order valence-corrected chi connectivity index (χ4v) is 5.49. The fourth-order valence-electron chi connectivity index (χ4n) is 5.49. The van der Waals surface area contributed by atoms with Crippen molar-refractivity contribution in [3.63, 3.8) is 0 Å². The molecule has 3 aromatic rings. The Labute approximate surface area is 213 Å². The van der Waals surface area contributed by atoms with Gasteiger partial charge in [-0.15, -0.1) is 0 Å². The number of rotatable bonds is 8. The maximum Gasteiger partial charge on any atom is 0.257 e. The number of ether oxygens (including phenoxy) is 1. The van der Waals surface area contributed by atoms with Gasteiger partial charge in [0.1, 0.15) is 18.2 Å². The minimum atomic E-state index is -0.396. The summed E-state index contributed by atoms with van der Waals surface area (Å²) in [5.41, 5.74) is 5.70. The lowest BCUT2D eigenvalue weighted by atomic mass is 10.0. The number of piperazine rings is 1. The molecule has 0 unspecified atom stereocenters. The van der Waals surface area contributed by atoms with E-state index in [1.54, 1.807) is 6.07 Å². The molecule has 1 heterocycles. The second kappa shape index (κ2) is 10.8. The van der Waals surface area contributed by atoms with E-state index in [0.717, 1.165) is 32.7 Å². The third kappa shape index (κ3) is 4.75. The van der Waals surface area contributed by atoms with Gasteiger partial charge in [0.2, 0.25) is 0 Å². The van der Waals surface area contributed by atoms with E-state index in [1.165, 1.54) is 34.4 Å². The Bertz CT molecular complexity index is 1170. The van der Waals surface area contributed by atoms with Gasteiger partial charge in [0.25, 0.3) is 5.91 Å². The third-order valence-electron chi connectivity index (χ3n) is 7.50. The smallest absolute Gasteiger partial charge is 0.257 e. The summed E-state index contributed by atoms with van der Waals surface area (Å²) in [6.45, 7) is 10.00. The van der Waals surface area contributed by atoms with Crippen LogP contribution >= 0.6 is 0 Å². The van der Waals surface area contributed by atoms with Crippen LogP contribution < -0.4 is 4.74 Å². The number of amides is 1. The first-order valence-corrected chi connectivity index (χ1v) is 13.0. The first kappa shape index (κ1) is 24.5. The molecule has 5 nitrogen and oxygen atoms in total. The maximum absolute atomic E-state index is 14.0. The van der Waals surface area contributed by atoms with Crippen molar-refractivity contribution >= 4 is 5.91 Å². The highest BCUT2D eigenvalue weighted by Gasteiger charge is 2.35. The average Bonchev–Trinajstić information content (AvgIpc) is 3.25. The van der Waals surface area contributed by atoms with Gasteiger partial charge in [0, 0.05) is 38.8 Å². The Morgan fingerprint density at radius 2 is 1.53 bits per heavy atom. The predicted molar refractivity (Wildman–Crippen MR) is 141 cm³/mol. The van der Waals surface area contributed by atoms with Crippen molar-refractivity contribution in [2.24, 2.45) is 0 Å². The number of likely N-dealkylation sites (N-methyl/N-ethyl adjacent to an activating group) is 1. The molecule has 0 aromatic heterocycles. The standard InChI is InChI=1S/C30H34FN3O2/c1-3-32(4-2)19-20-36-28-21-22(31)13-14-27(28)30(35)34-17-15-33(16-18-34)29-25-11-7-5-9-23(25)24-10-6-8-12-26(24)29/h5-14,21,29H,3-4,15-20H2,1-2H3. The summed E-state index contributed by atoms with van der Waals surface area (Å²) in [6, 6.07) is 21.7. The molecule has 0 spiro atoms. The van der Waals surface area contributed by atoms with Gasteiger partial charge in [-0.05, 0) is 47.5 Å². The van der Waals surface area contributed by atoms with Crippen molar-refractivity contribution in [2.45, 2.75) is 19.9 Å². The molecule has 1 fully saturated rings. The van der Waals surface area contributed by atoms with E-state index in [1.807, 2.05) is 4.90 Å². The summed E-state index contributed by atoms with van der Waals surface area (Å²) >= 11 is 0. The molecule has 36 heavy (non-hydrogen) atoms. The molecule has 1 aliphatic heterocycles. The molecule has 1 saturated heterocycles. The van der Waals surface area contributed by atoms with Crippen LogP contribution in [0.2, 0.25) is 0 Å². The van der Waals surface area contributed by atoms with Crippen LogP contribution in [0.15, 0.2) is 66.7 Å². The summed E-state index contributed by atoms with van der Waals surface area (Å²) in [4.78, 5) is 20.0. The zero-order valence-corrected chi connectivity index (χ0v) is 21.1. The molecular formula is C30H34FN3O2. The summed E-state index contributed by atoms with van der Waals surface area (Å²) in [5.74, 6) is -0.166. The first-order chi connectivity index (χ1) is 17.6. The highest BCUT2D eigenvalue weighted by atomic mass is 19.1. The number of benzene rings is 3. The van der Waals surface area contributed by atoms with Crippen molar-refractivity contribution < 1.29 is 13.9 Å². The molecule has 1 amide bonds. The van der Waals surface area contributed by atoms with Crippen molar-refractivity contribution in [1.29, 1.82) is 0 Å². The van der Waals surface area contributed by atoms with Crippen LogP contribution in [0.5, 0.6) is 5.75 Å². The number of nitrogens with zero attached hydrogens (tertiary/aromatic N) is 3. The van der Waals surface area contributed by atoms with Gasteiger partial charge in [0.15, 0.2) is 0 Å². The number of halogens is 1. The van der Waals surface area contributed by atoms with E-state index in [2.05, 4.69) is 72.2 Å². The predicted octanol–water partition coefficient (Wildman–Crippen LogP) is 5.07. The zero-order chi connectivity index (χ0) is 25.1. The lowest BCUT2D eigenvalue weighted by Crippen LogP contribution is -2.49. The van der Waals surface area contributed by atoms with Crippen molar-refractivity contribution in [2.75, 3.05) is 52.4 Å². The molecule has 0 atom stereocenters. The zero-order valence-electron chi connectivity index (χ0n) is 21.1. The Morgan fingerprint density at radius 1 is 0.917 bits per heavy atom. The van der Waals surface area contributed by atoms with Gasteiger partial charge in [-0.3, -0.25) is 9.69 Å². The molecule has 188 valence electrons. The minimum Gasteiger partial charge on any atom is -0.491 e. The molecule has 3 aromatic carbocycles. The monoisotopic (exact) mass is 487 g/mol. The van der Waals surface area contributed by atoms with Gasteiger partial charge in [-0.2, -0.15) is 0 Å². The Morgan fingerprint density at radius 3 is 2.14 bits per heavy atom. The Balaban J connectivity index is 1.28. The van der Waals surface area contributed by atoms with Gasteiger partial charge in [0.05, 0.1) is 11.6 Å². The van der Waals surface area contributed by atoms with Crippen LogP contribution in [0.1, 0.15) is 41.4 Å². The highest BCUT2D eigenvalue weighted by molar-refractivity contribution is 5.97. The van der Waals surface area contributed by atoms with Crippen LogP contribution in [-0.4, -0.2) is 73.0 Å². The molecule has 5 rings (SSSR count). The number of fused-ring (bicyclic) bond motifs is 3. The van der Waals surface area contributed by atoms with E-state index >= 15 is 0 Å². The molecule has 2 aliphatic rings. The Hall–Kier alpha value is -3.22. The van der Waals surface area contributed by atoms with E-state index in [-0.39, 0.29) is 11.9 Å². The molecule has 0 N–H and O–H groups in total. The van der Waals surface area contributed by atoms with Crippen LogP contribution in [0, 0.1) is 5.82 Å². The molecular weight excluding hydrogens is 453 g/mol. The molecule has 0 bridgehead atoms. The van der Waals surface area contributed by atoms with E-state index in [9.17, 15) is 9.18 Å². The third-order valence-corrected chi connectivity index (χ3v) is 7.50. The first-order valence-electron chi connectivity index (χ1n) is 13.0. The van der Waals surface area contributed by atoms with Gasteiger partial charge < -0.3 is 14.5 Å². The number of carbonyl (C=O) groups is 1. The minimum absolute atomic E-state index is 0.0975. The number of hydrogen-bond donors (Lipinski definition) is 0. The lowest BCUT2D eigenvalue weighted by molar-refractivity contribution is 0.0595. The van der Waals surface area contributed by atoms with Crippen LogP contribution in [0.4, 0.5) is 4.39 Å². The fraction of sp³-hybridized carbons (Fsp3) is 0.367. The van der Waals surface area contributed by atoms with E-state index in [0.29, 0.717) is 31.0 Å². The lowest BCUT2D eigenvalue weighted by Gasteiger charge is -2.39. The van der Waals surface area contributed by atoms with Crippen molar-refractivity contribution in [3.8, 4) is 16.9 Å². The van der Waals surface area contributed by atoms with Gasteiger partial charge in [-0.25, -0.2) is 4.39 Å². The summed E-state index contributed by atoms with van der Waals surface area (Å²) < 4.78 is 19.9. The Kier molecular flexibility index (Phi) is 7.35. The quantitative estimate of drug-likeness (QED) is 0.444. The average molecular weight is 488 g/mol. The maximum atomic E-state index is 14.0. The summed E-state index contributed by atoms with van der Waals surface area (Å²) in [7, 11) is 0. The van der Waals surface area contributed by atoms with Crippen LogP contribution in [0.25, 0.3) is 11.1 Å². The number of hydrogen-bond acceptors (Lipinski definition) is 4. The molecule has 6 heteroatoms. The summed E-state index contributed by atoms with van der Waals surface area (Å²) in [5, 5.41) is 0. The SMILES string of the molecule is CCN(CC)CCOc1cc(F)ccc1C(=O)N1CCN(C2c3ccccc3-c3ccccc32)CC1. The highest BCUT2D eigenvalue weighted by Crippen LogP contribution is 2.46.